The van der Waals surface area contributed by atoms with Crippen LogP contribution in [0.2, 0.25) is 5.02 Å². The van der Waals surface area contributed by atoms with Gasteiger partial charge < -0.3 is 9.47 Å². The summed E-state index contributed by atoms with van der Waals surface area (Å²) in [6.45, 7) is 3.52. The van der Waals surface area contributed by atoms with Crippen molar-refractivity contribution in [3.63, 3.8) is 0 Å². The average Bonchev–Trinajstić information content (AvgIpc) is 2.75. The van der Waals surface area contributed by atoms with E-state index < -0.39 is 0 Å². The number of rotatable bonds is 6. The first-order chi connectivity index (χ1) is 14.4. The van der Waals surface area contributed by atoms with E-state index in [1.54, 1.807) is 7.11 Å². The van der Waals surface area contributed by atoms with Gasteiger partial charge in [-0.2, -0.15) is 0 Å². The lowest BCUT2D eigenvalue weighted by molar-refractivity contribution is -0.148. The number of piperidine rings is 1. The molecule has 160 valence electrons. The summed E-state index contributed by atoms with van der Waals surface area (Å²) < 4.78 is 11.7. The second kappa shape index (κ2) is 10.5. The van der Waals surface area contributed by atoms with Gasteiger partial charge >= 0.3 is 5.97 Å². The number of benzene rings is 2. The lowest BCUT2D eigenvalue weighted by Gasteiger charge is -2.34. The molecule has 0 spiro atoms. The predicted molar refractivity (Wildman–Crippen MR) is 126 cm³/mol. The Kier molecular flexibility index (Phi) is 7.98. The van der Waals surface area contributed by atoms with Crippen molar-refractivity contribution in [2.45, 2.75) is 38.8 Å². The summed E-state index contributed by atoms with van der Waals surface area (Å²) in [5, 5.41) is 0.654. The Morgan fingerprint density at radius 1 is 1.23 bits per heavy atom. The molecule has 6 heteroatoms. The average molecular weight is 493 g/mol. The fraction of sp³-hybridized carbons (Fsp3) is 0.375. The third kappa shape index (κ3) is 5.26. The fourth-order valence-electron chi connectivity index (χ4n) is 3.84. The molecule has 1 unspecified atom stereocenters. The van der Waals surface area contributed by atoms with Crippen molar-refractivity contribution in [1.29, 1.82) is 0 Å². The van der Waals surface area contributed by atoms with Gasteiger partial charge in [-0.1, -0.05) is 58.2 Å². The van der Waals surface area contributed by atoms with Crippen molar-refractivity contribution < 1.29 is 14.3 Å². The number of carbonyl (C=O) groups excluding carboxylic acids is 1. The Morgan fingerprint density at radius 3 is 2.73 bits per heavy atom. The molecule has 0 N–H and O–H groups in total. The quantitative estimate of drug-likeness (QED) is 0.360. The van der Waals surface area contributed by atoms with E-state index in [9.17, 15) is 4.79 Å². The van der Waals surface area contributed by atoms with Crippen molar-refractivity contribution >= 4 is 45.7 Å². The van der Waals surface area contributed by atoms with Crippen LogP contribution in [0.15, 0.2) is 34.8 Å². The molecule has 30 heavy (non-hydrogen) atoms. The lowest BCUT2D eigenvalue weighted by atomic mass is 10.0. The SMILES string of the molecule is COC(=O)C1CCCCN1Cc1cc(Cl)c(/C=C/c2cccc(Br)c2C)cc1OC. The van der Waals surface area contributed by atoms with E-state index in [-0.39, 0.29) is 12.0 Å². The number of halogens is 2. The molecular formula is C24H27BrClNO3. The summed E-state index contributed by atoms with van der Waals surface area (Å²) in [5.41, 5.74) is 4.15. The van der Waals surface area contributed by atoms with Crippen LogP contribution < -0.4 is 4.74 Å². The zero-order chi connectivity index (χ0) is 21.7. The highest BCUT2D eigenvalue weighted by molar-refractivity contribution is 9.10. The molecule has 2 aromatic rings. The van der Waals surface area contributed by atoms with Gasteiger partial charge in [-0.15, -0.1) is 0 Å². The monoisotopic (exact) mass is 491 g/mol. The number of hydrogen-bond donors (Lipinski definition) is 0. The van der Waals surface area contributed by atoms with Gasteiger partial charge in [0.25, 0.3) is 0 Å². The molecule has 0 aromatic heterocycles. The molecule has 1 aliphatic rings. The Labute approximate surface area is 191 Å². The molecule has 1 saturated heterocycles. The smallest absolute Gasteiger partial charge is 0.323 e. The number of hydrogen-bond acceptors (Lipinski definition) is 4. The molecule has 0 amide bonds. The van der Waals surface area contributed by atoms with E-state index in [0.29, 0.717) is 11.6 Å². The Balaban J connectivity index is 1.86. The van der Waals surface area contributed by atoms with Gasteiger partial charge in [0, 0.05) is 21.6 Å². The molecule has 0 bridgehead atoms. The van der Waals surface area contributed by atoms with E-state index in [1.807, 2.05) is 30.3 Å². The first kappa shape index (κ1) is 22.9. The number of ether oxygens (including phenoxy) is 2. The van der Waals surface area contributed by atoms with Crippen molar-refractivity contribution in [2.24, 2.45) is 0 Å². The van der Waals surface area contributed by atoms with E-state index in [2.05, 4.69) is 39.9 Å². The minimum absolute atomic E-state index is 0.177. The number of methoxy groups -OCH3 is 2. The highest BCUT2D eigenvalue weighted by Gasteiger charge is 2.30. The van der Waals surface area contributed by atoms with Crippen LogP contribution in [-0.4, -0.2) is 37.7 Å². The molecule has 1 aliphatic heterocycles. The van der Waals surface area contributed by atoms with Gasteiger partial charge in [0.1, 0.15) is 11.8 Å². The summed E-state index contributed by atoms with van der Waals surface area (Å²) in [5.74, 6) is 0.586. The zero-order valence-electron chi connectivity index (χ0n) is 17.6. The standard InChI is InChI=1S/C24H27BrClNO3/c1-16-17(7-6-8-20(16)25)10-11-18-14-23(29-2)19(13-21(18)26)15-27-12-5-4-9-22(27)24(28)30-3/h6-8,10-11,13-14,22H,4-5,9,12,15H2,1-3H3/b11-10+. The molecule has 0 aliphatic carbocycles. The largest absolute Gasteiger partial charge is 0.496 e. The highest BCUT2D eigenvalue weighted by Crippen LogP contribution is 2.32. The van der Waals surface area contributed by atoms with Crippen LogP contribution in [0.1, 0.15) is 41.5 Å². The molecule has 3 rings (SSSR count). The zero-order valence-corrected chi connectivity index (χ0v) is 19.9. The van der Waals surface area contributed by atoms with E-state index in [4.69, 9.17) is 21.1 Å². The fourth-order valence-corrected chi connectivity index (χ4v) is 4.47. The molecule has 1 fully saturated rings. The first-order valence-electron chi connectivity index (χ1n) is 10.1. The van der Waals surface area contributed by atoms with Crippen LogP contribution >= 0.6 is 27.5 Å². The summed E-state index contributed by atoms with van der Waals surface area (Å²) in [7, 11) is 3.10. The molecule has 0 radical (unpaired) electrons. The van der Waals surface area contributed by atoms with Gasteiger partial charge in [0.2, 0.25) is 0 Å². The molecule has 0 saturated carbocycles. The van der Waals surface area contributed by atoms with Gasteiger partial charge in [0.05, 0.1) is 14.2 Å². The van der Waals surface area contributed by atoms with Crippen molar-refractivity contribution in [1.82, 2.24) is 4.90 Å². The van der Waals surface area contributed by atoms with Gasteiger partial charge in [0.15, 0.2) is 0 Å². The van der Waals surface area contributed by atoms with Gasteiger partial charge in [-0.3, -0.25) is 9.69 Å². The van der Waals surface area contributed by atoms with E-state index >= 15 is 0 Å². The normalized spacial score (nSPS) is 17.3. The summed E-state index contributed by atoms with van der Waals surface area (Å²) >= 11 is 10.2. The summed E-state index contributed by atoms with van der Waals surface area (Å²) in [6.07, 6.45) is 6.97. The van der Waals surface area contributed by atoms with Crippen LogP contribution in [0, 0.1) is 6.92 Å². The van der Waals surface area contributed by atoms with Crippen LogP contribution in [0.5, 0.6) is 5.75 Å². The molecule has 2 aromatic carbocycles. The molecule has 1 atom stereocenters. The Bertz CT molecular complexity index is 944. The predicted octanol–water partition coefficient (Wildman–Crippen LogP) is 6.12. The van der Waals surface area contributed by atoms with Crippen LogP contribution in [0.3, 0.4) is 0 Å². The van der Waals surface area contributed by atoms with Crippen molar-refractivity contribution in [3.8, 4) is 5.75 Å². The maximum atomic E-state index is 12.2. The van der Waals surface area contributed by atoms with E-state index in [0.717, 1.165) is 52.7 Å². The number of likely N-dealkylation sites (tertiary alicyclic amines) is 1. The number of esters is 1. The maximum absolute atomic E-state index is 12.2. The van der Waals surface area contributed by atoms with Crippen LogP contribution in [0.4, 0.5) is 0 Å². The molecule has 4 nitrogen and oxygen atoms in total. The van der Waals surface area contributed by atoms with Crippen LogP contribution in [0.25, 0.3) is 12.2 Å². The number of carbonyl (C=O) groups is 1. The van der Waals surface area contributed by atoms with Crippen LogP contribution in [-0.2, 0) is 16.1 Å². The topological polar surface area (TPSA) is 38.8 Å². The Hall–Kier alpha value is -1.82. The van der Waals surface area contributed by atoms with Gasteiger partial charge in [-0.05, 0) is 61.2 Å². The minimum atomic E-state index is -0.216. The molecular weight excluding hydrogens is 466 g/mol. The second-order valence-electron chi connectivity index (χ2n) is 7.48. The van der Waals surface area contributed by atoms with Crippen molar-refractivity contribution in [3.05, 3.63) is 62.1 Å². The molecule has 1 heterocycles. The second-order valence-corrected chi connectivity index (χ2v) is 8.74. The highest BCUT2D eigenvalue weighted by atomic mass is 79.9. The van der Waals surface area contributed by atoms with Crippen molar-refractivity contribution in [2.75, 3.05) is 20.8 Å². The lowest BCUT2D eigenvalue weighted by Crippen LogP contribution is -2.44. The van der Waals surface area contributed by atoms with Gasteiger partial charge in [-0.25, -0.2) is 0 Å². The third-order valence-electron chi connectivity index (χ3n) is 5.61. The Morgan fingerprint density at radius 2 is 2.00 bits per heavy atom. The number of nitrogens with zero attached hydrogens (tertiary/aromatic N) is 1. The van der Waals surface area contributed by atoms with E-state index in [1.165, 1.54) is 12.7 Å². The maximum Gasteiger partial charge on any atom is 0.323 e. The first-order valence-corrected chi connectivity index (χ1v) is 11.2. The summed E-state index contributed by atoms with van der Waals surface area (Å²) in [4.78, 5) is 14.3. The summed E-state index contributed by atoms with van der Waals surface area (Å²) in [6, 6.07) is 9.79. The minimum Gasteiger partial charge on any atom is -0.496 e. The third-order valence-corrected chi connectivity index (χ3v) is 6.80.